The van der Waals surface area contributed by atoms with Crippen molar-refractivity contribution in [2.24, 2.45) is 5.73 Å². The number of hydrogen-bond donors (Lipinski definition) is 1. The molecule has 0 aromatic carbocycles. The van der Waals surface area contributed by atoms with E-state index < -0.39 is 11.7 Å². The molecular formula is C8H7ClF2N2O. The monoisotopic (exact) mass is 220 g/mol. The highest BCUT2D eigenvalue weighted by atomic mass is 35.5. The molecule has 0 bridgehead atoms. The molecule has 0 atom stereocenters. The molecule has 14 heavy (non-hydrogen) atoms. The van der Waals surface area contributed by atoms with E-state index in [1.54, 1.807) is 0 Å². The molecule has 3 nitrogen and oxygen atoms in total. The van der Waals surface area contributed by atoms with Crippen LogP contribution < -0.4 is 5.73 Å². The van der Waals surface area contributed by atoms with Crippen molar-refractivity contribution in [1.82, 2.24) is 4.98 Å². The average molecular weight is 221 g/mol. The Morgan fingerprint density at radius 3 is 2.64 bits per heavy atom. The van der Waals surface area contributed by atoms with Crippen LogP contribution in [0.5, 0.6) is 0 Å². The van der Waals surface area contributed by atoms with Crippen molar-refractivity contribution in [3.05, 3.63) is 29.1 Å². The largest absolute Gasteiger partial charge is 0.325 e. The van der Waals surface area contributed by atoms with Crippen LogP contribution in [0.4, 0.5) is 8.78 Å². The van der Waals surface area contributed by atoms with Gasteiger partial charge in [0.1, 0.15) is 5.69 Å². The number of rotatable bonds is 3. The maximum Gasteiger partial charge on any atom is 0.270 e. The van der Waals surface area contributed by atoms with Gasteiger partial charge >= 0.3 is 0 Å². The van der Waals surface area contributed by atoms with E-state index >= 15 is 0 Å². The molecule has 1 rings (SSSR count). The third kappa shape index (κ3) is 2.24. The number of carbonyl (C=O) groups excluding carboxylic acids is 1. The number of nitrogens with two attached hydrogens (primary N) is 1. The minimum absolute atomic E-state index is 0.00787. The molecule has 0 aliphatic heterocycles. The minimum atomic E-state index is -2.65. The van der Waals surface area contributed by atoms with Gasteiger partial charge in [0.25, 0.3) is 11.7 Å². The molecule has 0 aliphatic rings. The first-order chi connectivity index (χ1) is 6.56. The predicted octanol–water partition coefficient (Wildman–Crippen LogP) is 1.86. The van der Waals surface area contributed by atoms with Crippen LogP contribution in [-0.2, 0) is 6.54 Å². The molecule has 76 valence electrons. The van der Waals surface area contributed by atoms with E-state index in [0.29, 0.717) is 0 Å². The Morgan fingerprint density at radius 2 is 2.21 bits per heavy atom. The highest BCUT2D eigenvalue weighted by Gasteiger charge is 2.15. The fourth-order valence-electron chi connectivity index (χ4n) is 0.984. The van der Waals surface area contributed by atoms with E-state index in [9.17, 15) is 13.6 Å². The second-order valence-electron chi connectivity index (χ2n) is 2.51. The third-order valence-corrected chi connectivity index (χ3v) is 1.83. The predicted molar refractivity (Wildman–Crippen MR) is 47.3 cm³/mol. The fraction of sp³-hybridized carbons (Fsp3) is 0.250. The zero-order valence-corrected chi connectivity index (χ0v) is 7.76. The smallest absolute Gasteiger partial charge is 0.270 e. The molecule has 0 saturated carbocycles. The van der Waals surface area contributed by atoms with Gasteiger partial charge in [-0.05, 0) is 23.7 Å². The molecule has 0 fully saturated rings. The van der Waals surface area contributed by atoms with E-state index in [2.05, 4.69) is 4.98 Å². The maximum absolute atomic E-state index is 12.3. The van der Waals surface area contributed by atoms with Gasteiger partial charge in [0.2, 0.25) is 0 Å². The highest BCUT2D eigenvalue weighted by Crippen LogP contribution is 2.21. The summed E-state index contributed by atoms with van der Waals surface area (Å²) in [6, 6.07) is 2.26. The fourth-order valence-corrected chi connectivity index (χ4v) is 1.09. The van der Waals surface area contributed by atoms with Crippen LogP contribution in [0.15, 0.2) is 12.1 Å². The summed E-state index contributed by atoms with van der Waals surface area (Å²) in [6.07, 6.45) is -2.65. The second kappa shape index (κ2) is 4.43. The Bertz CT molecular complexity index is 357. The molecule has 0 spiro atoms. The molecule has 0 saturated heterocycles. The van der Waals surface area contributed by atoms with Gasteiger partial charge in [0.15, 0.2) is 0 Å². The number of carbonyl (C=O) groups is 1. The molecule has 1 heterocycles. The van der Waals surface area contributed by atoms with E-state index in [1.165, 1.54) is 0 Å². The first kappa shape index (κ1) is 11.0. The van der Waals surface area contributed by atoms with E-state index in [4.69, 9.17) is 17.3 Å². The van der Waals surface area contributed by atoms with Crippen molar-refractivity contribution in [2.45, 2.75) is 13.0 Å². The lowest BCUT2D eigenvalue weighted by molar-refractivity contribution is 0.107. The van der Waals surface area contributed by atoms with Crippen LogP contribution in [0.25, 0.3) is 0 Å². The molecule has 1 aromatic rings. The number of hydrogen-bond acceptors (Lipinski definition) is 3. The van der Waals surface area contributed by atoms with Crippen molar-refractivity contribution in [3.63, 3.8) is 0 Å². The molecule has 0 unspecified atom stereocenters. The van der Waals surface area contributed by atoms with Crippen molar-refractivity contribution in [2.75, 3.05) is 0 Å². The first-order valence-electron chi connectivity index (χ1n) is 3.74. The van der Waals surface area contributed by atoms with E-state index in [1.807, 2.05) is 0 Å². The van der Waals surface area contributed by atoms with Crippen LogP contribution in [0.3, 0.4) is 0 Å². The summed E-state index contributed by atoms with van der Waals surface area (Å²) in [5, 5.41) is -0.791. The lowest BCUT2D eigenvalue weighted by atomic mass is 10.2. The summed E-state index contributed by atoms with van der Waals surface area (Å²) in [5.41, 5.74) is 4.86. The molecule has 2 N–H and O–H groups in total. The quantitative estimate of drug-likeness (QED) is 0.791. The van der Waals surface area contributed by atoms with Gasteiger partial charge in [0, 0.05) is 12.1 Å². The third-order valence-electron chi connectivity index (χ3n) is 1.64. The Morgan fingerprint density at radius 1 is 1.57 bits per heavy atom. The van der Waals surface area contributed by atoms with Crippen LogP contribution in [0.2, 0.25) is 0 Å². The lowest BCUT2D eigenvalue weighted by Gasteiger charge is -2.06. The van der Waals surface area contributed by atoms with Crippen LogP contribution in [-0.4, -0.2) is 10.2 Å². The minimum Gasteiger partial charge on any atom is -0.325 e. The Hall–Kier alpha value is -1.07. The summed E-state index contributed by atoms with van der Waals surface area (Å²) in [5.74, 6) is 0. The van der Waals surface area contributed by atoms with Gasteiger partial charge in [0.05, 0.1) is 5.69 Å². The summed E-state index contributed by atoms with van der Waals surface area (Å²) in [6.45, 7) is -0.155. The molecule has 1 aromatic heterocycles. The van der Waals surface area contributed by atoms with Crippen molar-refractivity contribution in [1.29, 1.82) is 0 Å². The number of halogens is 3. The SMILES string of the molecule is NCc1nc(C(=O)Cl)ccc1C(F)F. The van der Waals surface area contributed by atoms with Crippen molar-refractivity contribution in [3.8, 4) is 0 Å². The molecule has 6 heteroatoms. The topological polar surface area (TPSA) is 56.0 Å². The van der Waals surface area contributed by atoms with Crippen molar-refractivity contribution < 1.29 is 13.6 Å². The highest BCUT2D eigenvalue weighted by molar-refractivity contribution is 6.67. The zero-order valence-electron chi connectivity index (χ0n) is 7.01. The van der Waals surface area contributed by atoms with E-state index in [-0.39, 0.29) is 23.5 Å². The number of pyridine rings is 1. The zero-order chi connectivity index (χ0) is 10.7. The standard InChI is InChI=1S/C8H7ClF2N2O/c9-7(14)5-2-1-4(8(10)11)6(3-12)13-5/h1-2,8H,3,12H2. The molecule has 0 aliphatic carbocycles. The molecule has 0 amide bonds. The van der Waals surface area contributed by atoms with Gasteiger partial charge in [-0.15, -0.1) is 0 Å². The number of nitrogens with zero attached hydrogens (tertiary/aromatic N) is 1. The Kier molecular flexibility index (Phi) is 3.49. The van der Waals surface area contributed by atoms with Crippen molar-refractivity contribution >= 4 is 16.8 Å². The summed E-state index contributed by atoms with van der Waals surface area (Å²) >= 11 is 5.13. The van der Waals surface area contributed by atoms with Gasteiger partial charge in [-0.3, -0.25) is 4.79 Å². The summed E-state index contributed by atoms with van der Waals surface area (Å²) in [4.78, 5) is 14.3. The molecular weight excluding hydrogens is 214 g/mol. The Labute approximate surface area is 83.9 Å². The number of aromatic nitrogens is 1. The van der Waals surface area contributed by atoms with Gasteiger partial charge < -0.3 is 5.73 Å². The second-order valence-corrected chi connectivity index (χ2v) is 2.85. The lowest BCUT2D eigenvalue weighted by Crippen LogP contribution is -2.08. The first-order valence-corrected chi connectivity index (χ1v) is 4.12. The number of alkyl halides is 2. The van der Waals surface area contributed by atoms with E-state index in [0.717, 1.165) is 12.1 Å². The summed E-state index contributed by atoms with van der Waals surface area (Å²) in [7, 11) is 0. The molecule has 0 radical (unpaired) electrons. The normalized spacial score (nSPS) is 10.6. The Balaban J connectivity index is 3.18. The maximum atomic E-state index is 12.3. The van der Waals surface area contributed by atoms with Gasteiger partial charge in [-0.2, -0.15) is 0 Å². The van der Waals surface area contributed by atoms with Gasteiger partial charge in [-0.1, -0.05) is 0 Å². The van der Waals surface area contributed by atoms with Crippen LogP contribution >= 0.6 is 11.6 Å². The van der Waals surface area contributed by atoms with Crippen LogP contribution in [0, 0.1) is 0 Å². The van der Waals surface area contributed by atoms with Crippen LogP contribution in [0.1, 0.15) is 28.2 Å². The summed E-state index contributed by atoms with van der Waals surface area (Å²) < 4.78 is 24.7. The average Bonchev–Trinajstić information content (AvgIpc) is 2.16. The van der Waals surface area contributed by atoms with Gasteiger partial charge in [-0.25, -0.2) is 13.8 Å².